The van der Waals surface area contributed by atoms with Gasteiger partial charge >= 0.3 is 0 Å². The minimum absolute atomic E-state index is 0.0397. The van der Waals surface area contributed by atoms with Gasteiger partial charge in [-0.2, -0.15) is 0 Å². The van der Waals surface area contributed by atoms with Crippen LogP contribution in [-0.2, 0) is 0 Å². The average Bonchev–Trinajstić information content (AvgIpc) is 3.76. The number of aromatic amines is 2. The molecule has 0 spiro atoms. The topological polar surface area (TPSA) is 219 Å². The predicted octanol–water partition coefficient (Wildman–Crippen LogP) is -0.833. The number of aromatic nitrogens is 4. The van der Waals surface area contributed by atoms with Crippen LogP contribution in [0.25, 0.3) is 57.9 Å². The van der Waals surface area contributed by atoms with E-state index in [0.717, 1.165) is 11.0 Å². The van der Waals surface area contributed by atoms with Gasteiger partial charge in [0.1, 0.15) is 48.1 Å². The van der Waals surface area contributed by atoms with Crippen molar-refractivity contribution in [1.82, 2.24) is 19.9 Å². The highest BCUT2D eigenvalue weighted by Crippen LogP contribution is 2.20. The van der Waals surface area contributed by atoms with E-state index in [2.05, 4.69) is 19.9 Å². The first-order valence-electron chi connectivity index (χ1n) is 12.4. The summed E-state index contributed by atoms with van der Waals surface area (Å²) in [6.07, 6.45) is -6.68. The third kappa shape index (κ3) is 4.29. The Hall–Kier alpha value is -4.30. The van der Waals surface area contributed by atoms with Gasteiger partial charge in [-0.05, 0) is 60.7 Å². The molecule has 0 saturated heterocycles. The number of fused-ring (bicyclic) bond motifs is 8. The lowest BCUT2D eigenvalue weighted by atomic mass is 9.94. The first-order chi connectivity index (χ1) is 19.1. The fraction of sp³-hybridized carbons (Fsp3) is 0.214. The van der Waals surface area contributed by atoms with Gasteiger partial charge in [-0.1, -0.05) is 0 Å². The summed E-state index contributed by atoms with van der Waals surface area (Å²) in [4.78, 5) is 15.4. The second-order valence-electron chi connectivity index (χ2n) is 9.83. The molecule has 0 aromatic carbocycles. The van der Waals surface area contributed by atoms with E-state index < -0.39 is 48.1 Å². The van der Waals surface area contributed by atoms with E-state index in [-0.39, 0.29) is 32.9 Å². The molecule has 40 heavy (non-hydrogen) atoms. The van der Waals surface area contributed by atoms with Gasteiger partial charge in [-0.3, -0.25) is 0 Å². The Morgan fingerprint density at radius 2 is 0.950 bits per heavy atom. The van der Waals surface area contributed by atoms with Gasteiger partial charge in [0.2, 0.25) is 0 Å². The molecule has 12 nitrogen and oxygen atoms in total. The van der Waals surface area contributed by atoms with E-state index in [9.17, 15) is 40.9 Å². The fourth-order valence-electron chi connectivity index (χ4n) is 5.01. The van der Waals surface area contributed by atoms with Crippen LogP contribution in [-0.4, -0.2) is 97.4 Å². The number of aliphatic hydroxyl groups excluding tert-OH is 8. The van der Waals surface area contributed by atoms with Crippen molar-refractivity contribution in [3.63, 3.8) is 0 Å². The number of hydrogen-bond acceptors (Lipinski definition) is 10. The molecular weight excluding hydrogens is 520 g/mol. The summed E-state index contributed by atoms with van der Waals surface area (Å²) in [6.45, 7) is 0. The first kappa shape index (κ1) is 26.0. The number of H-pyrrole nitrogens is 2. The lowest BCUT2D eigenvalue weighted by Gasteiger charge is -2.30. The molecule has 0 radical (unpaired) electrons. The Morgan fingerprint density at radius 3 is 1.38 bits per heavy atom. The van der Waals surface area contributed by atoms with Crippen LogP contribution in [0.4, 0.5) is 0 Å². The van der Waals surface area contributed by atoms with Crippen molar-refractivity contribution in [2.45, 2.75) is 36.6 Å². The summed E-state index contributed by atoms with van der Waals surface area (Å²) in [6, 6.07) is 10.2. The number of nitrogens with zero attached hydrogens (tertiary/aromatic N) is 2. The highest BCUT2D eigenvalue weighted by molar-refractivity contribution is 5.80. The molecule has 6 rings (SSSR count). The van der Waals surface area contributed by atoms with Gasteiger partial charge in [0.15, 0.2) is 0 Å². The van der Waals surface area contributed by atoms with Crippen LogP contribution in [0.1, 0.15) is 22.8 Å². The molecule has 10 bridgehead atoms. The van der Waals surface area contributed by atoms with Crippen molar-refractivity contribution in [2.24, 2.45) is 0 Å². The zero-order valence-corrected chi connectivity index (χ0v) is 20.7. The maximum absolute atomic E-state index is 11.2. The minimum atomic E-state index is -2.25. The standard InChI is InChI=1S/C28H26N4O8/c33-21-19-15-5-3-13(30-15)9-11-1-2-12(29-11)10-14-4-6-16(31-14)20(18-8-7-17(19)32-18)22(34)24(36)26(38)28(40)27(39)25(37)23(21)35/h1-10,23-29,32-40H. The molecule has 3 aliphatic heterocycles. The van der Waals surface area contributed by atoms with Crippen molar-refractivity contribution >= 4 is 57.9 Å². The number of nitrogens with one attached hydrogen (secondary N) is 2. The molecule has 6 heterocycles. The molecule has 0 fully saturated rings. The highest BCUT2D eigenvalue weighted by atomic mass is 16.4. The summed E-state index contributed by atoms with van der Waals surface area (Å²) >= 11 is 0. The molecule has 6 atom stereocenters. The van der Waals surface area contributed by atoms with E-state index in [4.69, 9.17) is 0 Å². The molecule has 0 amide bonds. The molecule has 0 saturated carbocycles. The fourth-order valence-corrected chi connectivity index (χ4v) is 5.01. The van der Waals surface area contributed by atoms with Crippen molar-refractivity contribution < 1.29 is 40.9 Å². The number of hydrogen-bond donors (Lipinski definition) is 10. The van der Waals surface area contributed by atoms with Gasteiger partial charge < -0.3 is 50.8 Å². The van der Waals surface area contributed by atoms with Crippen molar-refractivity contribution in [3.8, 4) is 0 Å². The van der Waals surface area contributed by atoms with E-state index >= 15 is 0 Å². The summed E-state index contributed by atoms with van der Waals surface area (Å²) < 4.78 is 0. The summed E-state index contributed by atoms with van der Waals surface area (Å²) in [5.41, 5.74) is 3.25. The van der Waals surface area contributed by atoms with Gasteiger partial charge in [-0.25, -0.2) is 9.97 Å². The summed E-state index contributed by atoms with van der Waals surface area (Å²) in [7, 11) is 0. The Balaban J connectivity index is 1.86. The molecule has 10 N–H and O–H groups in total. The highest BCUT2D eigenvalue weighted by Gasteiger charge is 2.40. The molecule has 3 aromatic heterocycles. The Morgan fingerprint density at radius 1 is 0.525 bits per heavy atom. The minimum Gasteiger partial charge on any atom is -0.509 e. The zero-order valence-electron chi connectivity index (χ0n) is 20.7. The van der Waals surface area contributed by atoms with E-state index in [0.29, 0.717) is 11.4 Å². The number of aliphatic hydroxyl groups is 8. The van der Waals surface area contributed by atoms with E-state index in [1.54, 1.807) is 36.4 Å². The average molecular weight is 547 g/mol. The first-order valence-corrected chi connectivity index (χ1v) is 12.4. The van der Waals surface area contributed by atoms with Crippen LogP contribution in [0, 0.1) is 0 Å². The molecule has 3 aromatic rings. The zero-order chi connectivity index (χ0) is 28.3. The molecule has 6 unspecified atom stereocenters. The van der Waals surface area contributed by atoms with Crippen LogP contribution in [0.5, 0.6) is 0 Å². The summed E-state index contributed by atoms with van der Waals surface area (Å²) in [5, 5.41) is 86.4. The second-order valence-corrected chi connectivity index (χ2v) is 9.83. The SMILES string of the molecule is OC1=c2c3nc(cc4ccc(cc5nc(c(c6ccc2[nH]6)=C(O)C(O)C(O)C(O)C(O)C(O)C1O)C=C5)[nH]4)C=C3. The third-order valence-electron chi connectivity index (χ3n) is 7.17. The van der Waals surface area contributed by atoms with Gasteiger partial charge in [-0.15, -0.1) is 0 Å². The van der Waals surface area contributed by atoms with E-state index in [1.165, 1.54) is 12.1 Å². The van der Waals surface area contributed by atoms with Gasteiger partial charge in [0.25, 0.3) is 0 Å². The number of rotatable bonds is 0. The van der Waals surface area contributed by atoms with Crippen molar-refractivity contribution in [1.29, 1.82) is 0 Å². The van der Waals surface area contributed by atoms with Crippen LogP contribution in [0.15, 0.2) is 36.4 Å². The lowest BCUT2D eigenvalue weighted by molar-refractivity contribution is -0.143. The van der Waals surface area contributed by atoms with E-state index in [1.807, 2.05) is 12.1 Å². The largest absolute Gasteiger partial charge is 0.509 e. The van der Waals surface area contributed by atoms with Gasteiger partial charge in [0.05, 0.1) is 44.2 Å². The summed E-state index contributed by atoms with van der Waals surface area (Å²) in [5.74, 6) is -1.57. The van der Waals surface area contributed by atoms with Crippen LogP contribution < -0.4 is 10.4 Å². The van der Waals surface area contributed by atoms with Crippen molar-refractivity contribution in [3.05, 3.63) is 69.6 Å². The predicted molar refractivity (Wildman–Crippen MR) is 146 cm³/mol. The van der Waals surface area contributed by atoms with Gasteiger partial charge in [0, 0.05) is 11.0 Å². The third-order valence-corrected chi connectivity index (χ3v) is 7.17. The molecule has 206 valence electrons. The molecular formula is C28H26N4O8. The molecule has 0 aliphatic carbocycles. The van der Waals surface area contributed by atoms with Crippen LogP contribution in [0.3, 0.4) is 0 Å². The van der Waals surface area contributed by atoms with Crippen LogP contribution >= 0.6 is 0 Å². The monoisotopic (exact) mass is 546 g/mol. The second kappa shape index (κ2) is 9.71. The lowest BCUT2D eigenvalue weighted by Crippen LogP contribution is -2.53. The normalized spacial score (nSPS) is 26.6. The molecule has 12 heteroatoms. The Labute approximate surface area is 225 Å². The molecule has 3 aliphatic rings. The maximum atomic E-state index is 11.2. The Kier molecular flexibility index (Phi) is 6.30. The maximum Gasteiger partial charge on any atom is 0.140 e. The van der Waals surface area contributed by atoms with Crippen LogP contribution in [0.2, 0.25) is 0 Å². The Bertz CT molecular complexity index is 1730. The quantitative estimate of drug-likeness (QED) is 0.116. The van der Waals surface area contributed by atoms with Crippen molar-refractivity contribution in [2.75, 3.05) is 0 Å². The smallest absolute Gasteiger partial charge is 0.140 e.